The third kappa shape index (κ3) is 3.11. The average molecular weight is 229 g/mol. The third-order valence-electron chi connectivity index (χ3n) is 3.37. The Morgan fingerprint density at radius 2 is 2.19 bits per heavy atom. The predicted molar refractivity (Wildman–Crippen MR) is 62.2 cm³/mol. The van der Waals surface area contributed by atoms with Crippen LogP contribution < -0.4 is 0 Å². The number of nitrogens with zero attached hydrogens (tertiary/aromatic N) is 1. The van der Waals surface area contributed by atoms with Crippen LogP contribution in [0.4, 0.5) is 4.79 Å². The molecule has 1 rings (SSSR count). The number of ether oxygens (including phenoxy) is 1. The summed E-state index contributed by atoms with van der Waals surface area (Å²) in [5.74, 6) is 0. The predicted octanol–water partition coefficient (Wildman–Crippen LogP) is 2.01. The fourth-order valence-electron chi connectivity index (χ4n) is 1.81. The summed E-state index contributed by atoms with van der Waals surface area (Å²) in [5.41, 5.74) is 0.0584. The number of hydrogen-bond acceptors (Lipinski definition) is 3. The van der Waals surface area contributed by atoms with Crippen LogP contribution in [0.3, 0.4) is 0 Å². The molecule has 1 fully saturated rings. The summed E-state index contributed by atoms with van der Waals surface area (Å²) < 4.78 is 5.28. The first kappa shape index (κ1) is 13.3. The summed E-state index contributed by atoms with van der Waals surface area (Å²) in [5, 5.41) is 8.80. The van der Waals surface area contributed by atoms with Crippen LogP contribution in [-0.4, -0.2) is 41.4 Å². The van der Waals surface area contributed by atoms with Gasteiger partial charge in [0.05, 0.1) is 0 Å². The van der Waals surface area contributed by atoms with Gasteiger partial charge in [0.1, 0.15) is 6.10 Å². The molecule has 0 saturated carbocycles. The van der Waals surface area contributed by atoms with E-state index in [4.69, 9.17) is 9.84 Å². The molecule has 1 heterocycles. The number of rotatable bonds is 3. The lowest BCUT2D eigenvalue weighted by Crippen LogP contribution is -2.51. The molecule has 1 amide bonds. The van der Waals surface area contributed by atoms with E-state index in [0.29, 0.717) is 6.42 Å². The topological polar surface area (TPSA) is 49.8 Å². The van der Waals surface area contributed by atoms with Crippen molar-refractivity contribution in [2.75, 3.05) is 13.2 Å². The highest BCUT2D eigenvalue weighted by Gasteiger charge is 2.34. The van der Waals surface area contributed by atoms with Gasteiger partial charge in [-0.25, -0.2) is 4.79 Å². The molecule has 2 unspecified atom stereocenters. The summed E-state index contributed by atoms with van der Waals surface area (Å²) in [6.07, 6.45) is 1.00. The Hall–Kier alpha value is -0.770. The third-order valence-corrected chi connectivity index (χ3v) is 3.37. The molecule has 0 aliphatic carbocycles. The van der Waals surface area contributed by atoms with Crippen LogP contribution in [0.2, 0.25) is 0 Å². The Kier molecular flexibility index (Phi) is 4.19. The number of amides is 1. The van der Waals surface area contributed by atoms with E-state index >= 15 is 0 Å². The molecule has 0 aromatic heterocycles. The molecule has 4 heteroatoms. The Balaban J connectivity index is 2.57. The number of cyclic esters (lactones) is 1. The van der Waals surface area contributed by atoms with Crippen molar-refractivity contribution in [3.05, 3.63) is 0 Å². The van der Waals surface area contributed by atoms with E-state index in [0.717, 1.165) is 13.0 Å². The zero-order chi connectivity index (χ0) is 12.3. The maximum absolute atomic E-state index is 11.8. The van der Waals surface area contributed by atoms with E-state index in [9.17, 15) is 4.79 Å². The molecule has 0 aromatic carbocycles. The van der Waals surface area contributed by atoms with E-state index in [-0.39, 0.29) is 30.3 Å². The van der Waals surface area contributed by atoms with E-state index in [1.807, 2.05) is 6.92 Å². The second-order valence-electron chi connectivity index (χ2n) is 5.54. The van der Waals surface area contributed by atoms with Gasteiger partial charge in [-0.15, -0.1) is 0 Å². The van der Waals surface area contributed by atoms with Crippen molar-refractivity contribution in [1.29, 1.82) is 0 Å². The molecule has 16 heavy (non-hydrogen) atoms. The first-order valence-corrected chi connectivity index (χ1v) is 5.94. The van der Waals surface area contributed by atoms with Crippen molar-refractivity contribution in [2.24, 2.45) is 5.41 Å². The normalized spacial score (nSPS) is 24.2. The summed E-state index contributed by atoms with van der Waals surface area (Å²) in [7, 11) is 0. The highest BCUT2D eigenvalue weighted by atomic mass is 16.6. The smallest absolute Gasteiger partial charge is 0.410 e. The number of carbonyl (C=O) groups is 1. The summed E-state index contributed by atoms with van der Waals surface area (Å²) >= 11 is 0. The minimum atomic E-state index is -0.243. The van der Waals surface area contributed by atoms with Crippen molar-refractivity contribution in [1.82, 2.24) is 4.90 Å². The Bertz CT molecular complexity index is 247. The van der Waals surface area contributed by atoms with Gasteiger partial charge in [0.25, 0.3) is 0 Å². The second-order valence-corrected chi connectivity index (χ2v) is 5.54. The van der Waals surface area contributed by atoms with Gasteiger partial charge in [0.2, 0.25) is 0 Å². The lowest BCUT2D eigenvalue weighted by Gasteiger charge is -2.41. The summed E-state index contributed by atoms with van der Waals surface area (Å²) in [4.78, 5) is 13.6. The zero-order valence-corrected chi connectivity index (χ0v) is 10.7. The standard InChI is InChI=1S/C12H23NO3/c1-9(12(2,3)4)13-7-5-10(6-8-14)16-11(13)15/h9-10,14H,5-8H2,1-4H3. The van der Waals surface area contributed by atoms with Crippen molar-refractivity contribution in [3.63, 3.8) is 0 Å². The fraction of sp³-hybridized carbons (Fsp3) is 0.917. The molecule has 1 N–H and O–H groups in total. The lowest BCUT2D eigenvalue weighted by molar-refractivity contribution is -0.0109. The first-order valence-electron chi connectivity index (χ1n) is 5.94. The fourth-order valence-corrected chi connectivity index (χ4v) is 1.81. The van der Waals surface area contributed by atoms with Gasteiger partial charge in [-0.1, -0.05) is 20.8 Å². The SMILES string of the molecule is CC(N1CCC(CCO)OC1=O)C(C)(C)C. The largest absolute Gasteiger partial charge is 0.446 e. The van der Waals surface area contributed by atoms with Crippen molar-refractivity contribution >= 4 is 6.09 Å². The molecule has 1 aliphatic rings. The van der Waals surface area contributed by atoms with Gasteiger partial charge >= 0.3 is 6.09 Å². The molecule has 1 aliphatic heterocycles. The monoisotopic (exact) mass is 229 g/mol. The quantitative estimate of drug-likeness (QED) is 0.805. The number of aliphatic hydroxyl groups excluding tert-OH is 1. The van der Waals surface area contributed by atoms with Crippen LogP contribution in [0.5, 0.6) is 0 Å². The molecule has 0 bridgehead atoms. The Morgan fingerprint density at radius 1 is 1.56 bits per heavy atom. The van der Waals surface area contributed by atoms with Gasteiger partial charge < -0.3 is 14.7 Å². The molecular weight excluding hydrogens is 206 g/mol. The number of carbonyl (C=O) groups excluding carboxylic acids is 1. The van der Waals surface area contributed by atoms with Gasteiger partial charge in [0, 0.05) is 32.0 Å². The van der Waals surface area contributed by atoms with Gasteiger partial charge in [-0.05, 0) is 12.3 Å². The van der Waals surface area contributed by atoms with Crippen LogP contribution in [0.15, 0.2) is 0 Å². The van der Waals surface area contributed by atoms with Gasteiger partial charge in [-0.2, -0.15) is 0 Å². The highest BCUT2D eigenvalue weighted by molar-refractivity contribution is 5.69. The Morgan fingerprint density at radius 3 is 2.62 bits per heavy atom. The molecule has 0 spiro atoms. The molecule has 0 aromatic rings. The van der Waals surface area contributed by atoms with Crippen molar-refractivity contribution in [3.8, 4) is 0 Å². The van der Waals surface area contributed by atoms with Crippen molar-refractivity contribution in [2.45, 2.75) is 52.7 Å². The van der Waals surface area contributed by atoms with E-state index in [2.05, 4.69) is 20.8 Å². The first-order chi connectivity index (χ1) is 7.36. The molecule has 1 saturated heterocycles. The summed E-state index contributed by atoms with van der Waals surface area (Å²) in [6, 6.07) is 0.162. The maximum atomic E-state index is 11.8. The van der Waals surface area contributed by atoms with Crippen LogP contribution in [0, 0.1) is 5.41 Å². The molecule has 94 valence electrons. The van der Waals surface area contributed by atoms with Crippen LogP contribution in [0.25, 0.3) is 0 Å². The van der Waals surface area contributed by atoms with Gasteiger partial charge in [0.15, 0.2) is 0 Å². The van der Waals surface area contributed by atoms with Crippen LogP contribution in [-0.2, 0) is 4.74 Å². The number of hydrogen-bond donors (Lipinski definition) is 1. The molecule has 2 atom stereocenters. The Labute approximate surface area is 97.6 Å². The zero-order valence-electron chi connectivity index (χ0n) is 10.7. The highest BCUT2D eigenvalue weighted by Crippen LogP contribution is 2.27. The van der Waals surface area contributed by atoms with Crippen LogP contribution in [0.1, 0.15) is 40.5 Å². The minimum absolute atomic E-state index is 0.0584. The summed E-state index contributed by atoms with van der Waals surface area (Å²) in [6.45, 7) is 9.20. The average Bonchev–Trinajstić information content (AvgIpc) is 2.16. The molecule has 0 radical (unpaired) electrons. The van der Waals surface area contributed by atoms with Crippen molar-refractivity contribution < 1.29 is 14.6 Å². The minimum Gasteiger partial charge on any atom is -0.446 e. The van der Waals surface area contributed by atoms with Crippen LogP contribution >= 0.6 is 0 Å². The molecular formula is C12H23NO3. The number of aliphatic hydroxyl groups is 1. The molecule has 4 nitrogen and oxygen atoms in total. The van der Waals surface area contributed by atoms with Gasteiger partial charge in [-0.3, -0.25) is 0 Å². The van der Waals surface area contributed by atoms with E-state index < -0.39 is 0 Å². The lowest BCUT2D eigenvalue weighted by atomic mass is 9.86. The second kappa shape index (κ2) is 5.04. The van der Waals surface area contributed by atoms with E-state index in [1.165, 1.54) is 0 Å². The van der Waals surface area contributed by atoms with E-state index in [1.54, 1.807) is 4.90 Å². The maximum Gasteiger partial charge on any atom is 0.410 e.